The number of halogens is 1. The normalized spacial score (nSPS) is 19.2. The number of aliphatic imine (C=N–C) groups is 1. The molecule has 2 aliphatic heterocycles. The van der Waals surface area contributed by atoms with E-state index in [0.717, 1.165) is 23.3 Å². The lowest BCUT2D eigenvalue weighted by molar-refractivity contribution is 0.109. The van der Waals surface area contributed by atoms with Crippen LogP contribution in [0.15, 0.2) is 41.0 Å². The zero-order chi connectivity index (χ0) is 16.2. The monoisotopic (exact) mass is 328 g/mol. The fourth-order valence-electron chi connectivity index (χ4n) is 2.75. The van der Waals surface area contributed by atoms with Crippen LogP contribution in [-0.2, 0) is 4.74 Å². The van der Waals surface area contributed by atoms with Crippen molar-refractivity contribution in [3.8, 4) is 11.8 Å². The number of ether oxygens (including phenoxy) is 1. The highest BCUT2D eigenvalue weighted by Crippen LogP contribution is 2.27. The first kappa shape index (κ1) is 15.6. The third kappa shape index (κ3) is 3.57. The topological polar surface area (TPSA) is 41.9 Å². The molecular weight excluding hydrogens is 312 g/mol. The number of hydrogen-bond acceptors (Lipinski definition) is 3. The van der Waals surface area contributed by atoms with Gasteiger partial charge < -0.3 is 9.64 Å². The van der Waals surface area contributed by atoms with Crippen molar-refractivity contribution in [1.82, 2.24) is 4.90 Å². The molecule has 1 aromatic rings. The number of carbonyl (C=O) groups is 1. The van der Waals surface area contributed by atoms with Gasteiger partial charge in [-0.1, -0.05) is 29.5 Å². The summed E-state index contributed by atoms with van der Waals surface area (Å²) in [5.41, 5.74) is 2.87. The smallest absolute Gasteiger partial charge is 0.410 e. The van der Waals surface area contributed by atoms with Crippen molar-refractivity contribution in [2.24, 2.45) is 10.9 Å². The molecule has 1 saturated heterocycles. The number of benzene rings is 1. The summed E-state index contributed by atoms with van der Waals surface area (Å²) in [6.45, 7) is 3.38. The fourth-order valence-corrected chi connectivity index (χ4v) is 2.94. The maximum atomic E-state index is 11.8. The number of hydrogen-bond donors (Lipinski definition) is 0. The van der Waals surface area contributed by atoms with Crippen LogP contribution < -0.4 is 0 Å². The van der Waals surface area contributed by atoms with Crippen molar-refractivity contribution < 1.29 is 9.53 Å². The Kier molecular flexibility index (Phi) is 4.68. The van der Waals surface area contributed by atoms with Gasteiger partial charge >= 0.3 is 6.09 Å². The molecule has 0 aromatic heterocycles. The number of piperidine rings is 1. The van der Waals surface area contributed by atoms with Gasteiger partial charge in [0.05, 0.1) is 13.2 Å². The van der Waals surface area contributed by atoms with Gasteiger partial charge in [-0.25, -0.2) is 4.79 Å². The number of amides is 1. The van der Waals surface area contributed by atoms with Crippen LogP contribution >= 0.6 is 11.6 Å². The van der Waals surface area contributed by atoms with Crippen molar-refractivity contribution in [3.63, 3.8) is 0 Å². The van der Waals surface area contributed by atoms with Crippen LogP contribution in [0.1, 0.15) is 18.9 Å². The first-order valence-electron chi connectivity index (χ1n) is 7.63. The Bertz CT molecular complexity index is 743. The lowest BCUT2D eigenvalue weighted by Crippen LogP contribution is -2.44. The average Bonchev–Trinajstić information content (AvgIpc) is 2.95. The molecule has 1 aromatic carbocycles. The molecule has 1 atom stereocenters. The molecule has 0 saturated carbocycles. The summed E-state index contributed by atoms with van der Waals surface area (Å²) in [6, 6.07) is 7.48. The van der Waals surface area contributed by atoms with Gasteiger partial charge in [0, 0.05) is 40.5 Å². The number of allylic oxidation sites excluding steroid dienone is 1. The minimum absolute atomic E-state index is 0.215. The third-order valence-corrected chi connectivity index (χ3v) is 4.12. The maximum Gasteiger partial charge on any atom is 0.410 e. The summed E-state index contributed by atoms with van der Waals surface area (Å²) >= 11 is 5.97. The van der Waals surface area contributed by atoms with Crippen LogP contribution in [0.5, 0.6) is 0 Å². The molecule has 0 spiro atoms. The molecule has 2 heterocycles. The Morgan fingerprint density at radius 1 is 1.48 bits per heavy atom. The van der Waals surface area contributed by atoms with Crippen LogP contribution in [0.25, 0.3) is 0 Å². The van der Waals surface area contributed by atoms with E-state index in [1.54, 1.807) is 4.90 Å². The van der Waals surface area contributed by atoms with Crippen LogP contribution in [0, 0.1) is 17.8 Å². The van der Waals surface area contributed by atoms with E-state index in [1.807, 2.05) is 37.4 Å². The average molecular weight is 329 g/mol. The molecule has 1 unspecified atom stereocenters. The minimum atomic E-state index is -0.271. The second-order valence-electron chi connectivity index (χ2n) is 5.43. The van der Waals surface area contributed by atoms with Gasteiger partial charge in [0.1, 0.15) is 0 Å². The number of rotatable bonds is 1. The van der Waals surface area contributed by atoms with Gasteiger partial charge in [0.25, 0.3) is 0 Å². The van der Waals surface area contributed by atoms with E-state index >= 15 is 0 Å². The molecule has 0 N–H and O–H groups in total. The predicted octanol–water partition coefficient (Wildman–Crippen LogP) is 3.51. The van der Waals surface area contributed by atoms with Crippen molar-refractivity contribution >= 4 is 23.4 Å². The molecule has 5 heteroatoms. The lowest BCUT2D eigenvalue weighted by Gasteiger charge is -2.30. The summed E-state index contributed by atoms with van der Waals surface area (Å²) in [5.74, 6) is 6.55. The molecule has 1 fully saturated rings. The van der Waals surface area contributed by atoms with Gasteiger partial charge in [-0.05, 0) is 31.5 Å². The molecule has 2 aliphatic rings. The van der Waals surface area contributed by atoms with E-state index < -0.39 is 0 Å². The minimum Gasteiger partial charge on any atom is -0.450 e. The number of fused-ring (bicyclic) bond motifs is 1. The molecule has 0 radical (unpaired) electrons. The van der Waals surface area contributed by atoms with E-state index in [-0.39, 0.29) is 12.0 Å². The number of nitrogens with zero attached hydrogens (tertiary/aromatic N) is 2. The first-order valence-corrected chi connectivity index (χ1v) is 8.01. The highest BCUT2D eigenvalue weighted by atomic mass is 35.5. The fraction of sp³-hybridized carbons (Fsp3) is 0.333. The van der Waals surface area contributed by atoms with E-state index in [4.69, 9.17) is 16.3 Å². The van der Waals surface area contributed by atoms with E-state index in [2.05, 4.69) is 16.8 Å². The predicted molar refractivity (Wildman–Crippen MR) is 90.6 cm³/mol. The Morgan fingerprint density at radius 3 is 3.13 bits per heavy atom. The summed E-state index contributed by atoms with van der Waals surface area (Å²) in [7, 11) is 0. The highest BCUT2D eigenvalue weighted by molar-refractivity contribution is 6.30. The third-order valence-electron chi connectivity index (χ3n) is 3.89. The van der Waals surface area contributed by atoms with Crippen molar-refractivity contribution in [2.45, 2.75) is 13.3 Å². The van der Waals surface area contributed by atoms with Crippen molar-refractivity contribution in [2.75, 3.05) is 19.7 Å². The Labute approximate surface area is 140 Å². The molecule has 3 rings (SSSR count). The largest absolute Gasteiger partial charge is 0.450 e. The van der Waals surface area contributed by atoms with E-state index in [9.17, 15) is 4.79 Å². The molecular formula is C18H17ClN2O2. The molecule has 1 amide bonds. The molecule has 0 aliphatic carbocycles. The van der Waals surface area contributed by atoms with Crippen LogP contribution in [0.4, 0.5) is 4.79 Å². The summed E-state index contributed by atoms with van der Waals surface area (Å²) < 4.78 is 5.05. The number of likely N-dealkylation sites (tertiary alicyclic amines) is 1. The van der Waals surface area contributed by atoms with Gasteiger partial charge in [-0.3, -0.25) is 4.99 Å². The zero-order valence-corrected chi connectivity index (χ0v) is 13.6. The SMILES string of the molecule is CCOC(=O)N1CCC2C(C#Cc3cccc(Cl)c3)=CN=C2C1. The standard InChI is InChI=1S/C18H17ClN2O2/c1-2-23-18(22)21-9-8-16-14(11-20-17(16)12-21)7-6-13-4-3-5-15(19)10-13/h3-5,10-11,16H,2,8-9,12H2,1H3. The summed E-state index contributed by atoms with van der Waals surface area (Å²) in [6.07, 6.45) is 2.37. The van der Waals surface area contributed by atoms with E-state index in [0.29, 0.717) is 24.7 Å². The quantitative estimate of drug-likeness (QED) is 0.740. The lowest BCUT2D eigenvalue weighted by atomic mass is 9.90. The Morgan fingerprint density at radius 2 is 2.35 bits per heavy atom. The second kappa shape index (κ2) is 6.89. The summed E-state index contributed by atoms with van der Waals surface area (Å²) in [4.78, 5) is 17.9. The maximum absolute atomic E-state index is 11.8. The van der Waals surface area contributed by atoms with Gasteiger partial charge in [0.2, 0.25) is 0 Å². The highest BCUT2D eigenvalue weighted by Gasteiger charge is 2.32. The molecule has 0 bridgehead atoms. The molecule has 4 nitrogen and oxygen atoms in total. The second-order valence-corrected chi connectivity index (χ2v) is 5.86. The zero-order valence-electron chi connectivity index (χ0n) is 12.9. The number of carbonyl (C=O) groups excluding carboxylic acids is 1. The molecule has 23 heavy (non-hydrogen) atoms. The first-order chi connectivity index (χ1) is 11.2. The van der Waals surface area contributed by atoms with Crippen molar-refractivity contribution in [1.29, 1.82) is 0 Å². The van der Waals surface area contributed by atoms with Gasteiger partial charge in [0.15, 0.2) is 0 Å². The Balaban J connectivity index is 1.66. The van der Waals surface area contributed by atoms with Crippen LogP contribution in [-0.4, -0.2) is 36.4 Å². The van der Waals surface area contributed by atoms with E-state index in [1.165, 1.54) is 0 Å². The van der Waals surface area contributed by atoms with Crippen LogP contribution in [0.3, 0.4) is 0 Å². The Hall–Kier alpha value is -2.25. The summed E-state index contributed by atoms with van der Waals surface area (Å²) in [5, 5.41) is 0.678. The van der Waals surface area contributed by atoms with Gasteiger partial charge in [-0.2, -0.15) is 0 Å². The van der Waals surface area contributed by atoms with Gasteiger partial charge in [-0.15, -0.1) is 0 Å². The molecule has 118 valence electrons. The van der Waals surface area contributed by atoms with Crippen LogP contribution in [0.2, 0.25) is 5.02 Å². The van der Waals surface area contributed by atoms with Crippen molar-refractivity contribution in [3.05, 3.63) is 46.6 Å².